The molecular weight excluding hydrogens is 965 g/mol. The molecule has 0 aliphatic carbocycles. The smallest absolute Gasteiger partial charge is 0.104 e. The number of nitrogens with zero attached hydrogens (tertiary/aromatic N) is 6. The van der Waals surface area contributed by atoms with Gasteiger partial charge in [-0.25, -0.2) is 0 Å². The van der Waals surface area contributed by atoms with Gasteiger partial charge in [-0.1, -0.05) is 146 Å². The Morgan fingerprint density at radius 3 is 0.789 bits per heavy atom. The van der Waals surface area contributed by atoms with Gasteiger partial charge in [0.05, 0.1) is 66.9 Å². The minimum absolute atomic E-state index is 0.435. The monoisotopic (exact) mass is 1000 g/mol. The van der Waals surface area contributed by atoms with Crippen molar-refractivity contribution in [2.75, 3.05) is 0 Å². The molecule has 6 nitrogen and oxygen atoms in total. The molecule has 0 amide bonds. The molecule has 0 saturated carbocycles. The quantitative estimate of drug-likeness (QED) is 0.176. The molecule has 0 radical (unpaired) electrons. The van der Waals surface area contributed by atoms with Gasteiger partial charge in [-0.3, -0.25) is 0 Å². The minimum Gasteiger partial charge on any atom is -0.306 e. The highest BCUT2D eigenvalue weighted by Gasteiger charge is 2.35. The summed E-state index contributed by atoms with van der Waals surface area (Å²) in [7, 11) is 0. The van der Waals surface area contributed by atoms with E-state index >= 15 is 0 Å². The molecule has 6 heterocycles. The second-order valence-corrected chi connectivity index (χ2v) is 21.9. The van der Waals surface area contributed by atoms with Crippen molar-refractivity contribution in [3.63, 3.8) is 0 Å². The van der Waals surface area contributed by atoms with Gasteiger partial charge in [-0.2, -0.15) is 10.5 Å². The van der Waals surface area contributed by atoms with Crippen LogP contribution in [-0.4, -0.2) is 18.3 Å². The molecule has 0 aliphatic rings. The van der Waals surface area contributed by atoms with Crippen LogP contribution in [-0.2, 0) is 0 Å². The molecule has 0 aliphatic heterocycles. The highest BCUT2D eigenvalue weighted by Crippen LogP contribution is 2.50. The molecule has 17 rings (SSSR count). The largest absolute Gasteiger partial charge is 0.306 e. The number of nitriles is 2. The van der Waals surface area contributed by atoms with E-state index in [1.807, 2.05) is 0 Å². The first kappa shape index (κ1) is 41.5. The number of hydrogen-bond donors (Lipinski definition) is 0. The molecule has 11 aromatic carbocycles. The van der Waals surface area contributed by atoms with Crippen molar-refractivity contribution in [3.05, 3.63) is 230 Å². The molecule has 0 N–H and O–H groups in total. The third-order valence-electron chi connectivity index (χ3n) is 16.0. The van der Waals surface area contributed by atoms with E-state index in [9.17, 15) is 10.5 Å². The number of para-hydroxylation sites is 6. The molecule has 0 fully saturated rings. The Hall–Kier alpha value is -9.96. The number of aromatic nitrogens is 4. The Balaban J connectivity index is 1.17. The van der Waals surface area contributed by atoms with Gasteiger partial charge in [0.2, 0.25) is 0 Å². The maximum atomic E-state index is 12.8. The van der Waals surface area contributed by atoms with Crippen LogP contribution in [0.1, 0.15) is 11.1 Å². The van der Waals surface area contributed by atoms with Crippen LogP contribution in [0.15, 0.2) is 218 Å². The van der Waals surface area contributed by atoms with E-state index in [0.29, 0.717) is 33.9 Å². The van der Waals surface area contributed by atoms with Gasteiger partial charge in [0, 0.05) is 83.4 Å². The lowest BCUT2D eigenvalue weighted by Crippen LogP contribution is -2.16. The molecule has 350 valence electrons. The van der Waals surface area contributed by atoms with Crippen LogP contribution in [0.2, 0.25) is 0 Å². The Morgan fingerprint density at radius 1 is 0.237 bits per heavy atom. The van der Waals surface area contributed by atoms with Crippen molar-refractivity contribution < 1.29 is 0 Å². The Labute approximate surface area is 440 Å². The summed E-state index contributed by atoms with van der Waals surface area (Å²) in [5.74, 6) is 0. The van der Waals surface area contributed by atoms with E-state index in [4.69, 9.17) is 0 Å². The zero-order valence-corrected chi connectivity index (χ0v) is 41.9. The fraction of sp³-hybridized carbons (Fsp3) is 0. The van der Waals surface area contributed by atoms with Crippen LogP contribution < -0.4 is 0 Å². The van der Waals surface area contributed by atoms with Gasteiger partial charge >= 0.3 is 0 Å². The fourth-order valence-corrected chi connectivity index (χ4v) is 15.2. The van der Waals surface area contributed by atoms with Gasteiger partial charge < -0.3 is 18.3 Å². The van der Waals surface area contributed by atoms with Crippen LogP contribution >= 0.6 is 22.7 Å². The summed E-state index contributed by atoms with van der Waals surface area (Å²) in [5.41, 5.74) is 10.9. The van der Waals surface area contributed by atoms with Crippen molar-refractivity contribution in [3.8, 4) is 34.9 Å². The maximum absolute atomic E-state index is 12.8. The number of rotatable bonds is 4. The molecule has 0 saturated heterocycles. The number of fused-ring (bicyclic) bond motifs is 18. The molecule has 0 atom stereocenters. The third kappa shape index (κ3) is 5.35. The summed E-state index contributed by atoms with van der Waals surface area (Å²) in [5, 5.41) is 38.8. The highest BCUT2D eigenvalue weighted by molar-refractivity contribution is 7.26. The van der Waals surface area contributed by atoms with Crippen molar-refractivity contribution in [1.29, 1.82) is 10.5 Å². The average Bonchev–Trinajstić information content (AvgIpc) is 4.42. The highest BCUT2D eigenvalue weighted by atomic mass is 32.1. The molecule has 0 bridgehead atoms. The standard InChI is InChI=1S/C68H36N6S2/c69-37-51-65(71-53-25-9-1-17-39(53)40-18-2-10-26-54(40)71)67(73-57-29-13-5-21-43(57)47-33-49-45-23-7-15-31-61(45)75-63(49)35-59(47)73)52(38-70)66(72-55-27-11-3-19-41(55)42-20-4-12-28-56(42)72)68(51)74-58-30-14-6-22-44(58)48-34-50-46-24-8-16-32-62(46)76-64(50)36-60(48)74/h1-36H. The number of benzene rings is 11. The van der Waals surface area contributed by atoms with Gasteiger partial charge in [-0.05, 0) is 72.8 Å². The Kier molecular flexibility index (Phi) is 8.36. The van der Waals surface area contributed by atoms with E-state index < -0.39 is 0 Å². The van der Waals surface area contributed by atoms with Gasteiger partial charge in [0.25, 0.3) is 0 Å². The maximum Gasteiger partial charge on any atom is 0.104 e. The average molecular weight is 1000 g/mol. The SMILES string of the molecule is N#Cc1c(-n2c3ccccc3c3ccccc32)c(-n2c3ccccc3c3cc4c(cc32)sc2ccccc24)c(C#N)c(-n2c3ccccc3c3ccccc32)c1-n1c2ccccc2c2cc3c(cc21)sc1ccccc13. The van der Waals surface area contributed by atoms with E-state index in [2.05, 4.69) is 249 Å². The lowest BCUT2D eigenvalue weighted by atomic mass is 9.98. The Morgan fingerprint density at radius 2 is 0.487 bits per heavy atom. The third-order valence-corrected chi connectivity index (χ3v) is 18.3. The predicted octanol–water partition coefficient (Wildman–Crippen LogP) is 18.6. The molecule has 76 heavy (non-hydrogen) atoms. The number of thiophene rings is 2. The summed E-state index contributed by atoms with van der Waals surface area (Å²) in [4.78, 5) is 0. The molecule has 0 spiro atoms. The van der Waals surface area contributed by atoms with Gasteiger partial charge in [0.15, 0.2) is 0 Å². The van der Waals surface area contributed by atoms with Crippen LogP contribution in [0.3, 0.4) is 0 Å². The first-order valence-corrected chi connectivity index (χ1v) is 27.0. The van der Waals surface area contributed by atoms with Crippen LogP contribution in [0.25, 0.3) is 150 Å². The molecule has 0 unspecified atom stereocenters. The van der Waals surface area contributed by atoms with E-state index in [1.54, 1.807) is 22.7 Å². The lowest BCUT2D eigenvalue weighted by Gasteiger charge is -2.27. The van der Waals surface area contributed by atoms with Crippen LogP contribution in [0.4, 0.5) is 0 Å². The zero-order chi connectivity index (χ0) is 49.9. The van der Waals surface area contributed by atoms with Crippen LogP contribution in [0.5, 0.6) is 0 Å². The lowest BCUT2D eigenvalue weighted by molar-refractivity contribution is 1.02. The van der Waals surface area contributed by atoms with Crippen molar-refractivity contribution in [1.82, 2.24) is 18.3 Å². The van der Waals surface area contributed by atoms with E-state index in [1.165, 1.54) is 30.9 Å². The minimum atomic E-state index is 0.435. The van der Waals surface area contributed by atoms with E-state index in [-0.39, 0.29) is 0 Å². The topological polar surface area (TPSA) is 67.3 Å². The fourth-order valence-electron chi connectivity index (χ4n) is 13.0. The van der Waals surface area contributed by atoms with Crippen LogP contribution in [0, 0.1) is 22.7 Å². The second kappa shape index (κ2) is 15.3. The summed E-state index contributed by atoms with van der Waals surface area (Å²) in [6.07, 6.45) is 0. The van der Waals surface area contributed by atoms with Crippen molar-refractivity contribution in [2.45, 2.75) is 0 Å². The Bertz CT molecular complexity index is 5070. The summed E-state index contributed by atoms with van der Waals surface area (Å²) >= 11 is 3.56. The predicted molar refractivity (Wildman–Crippen MR) is 319 cm³/mol. The zero-order valence-electron chi connectivity index (χ0n) is 40.3. The van der Waals surface area contributed by atoms with E-state index in [0.717, 1.165) is 96.6 Å². The normalized spacial score (nSPS) is 12.2. The van der Waals surface area contributed by atoms with Gasteiger partial charge in [-0.15, -0.1) is 22.7 Å². The molecule has 6 aromatic heterocycles. The summed E-state index contributed by atoms with van der Waals surface area (Å²) < 4.78 is 13.9. The van der Waals surface area contributed by atoms with Crippen molar-refractivity contribution >= 4 is 150 Å². The second-order valence-electron chi connectivity index (χ2n) is 19.7. The number of hydrogen-bond acceptors (Lipinski definition) is 4. The molecule has 8 heteroatoms. The first-order valence-electron chi connectivity index (χ1n) is 25.4. The summed E-state index contributed by atoms with van der Waals surface area (Å²) in [6, 6.07) is 83.5. The van der Waals surface area contributed by atoms with Gasteiger partial charge in [0.1, 0.15) is 23.3 Å². The molecule has 17 aromatic rings. The first-order chi connectivity index (χ1) is 37.7. The molecular formula is C68H36N6S2. The van der Waals surface area contributed by atoms with Crippen molar-refractivity contribution in [2.24, 2.45) is 0 Å². The summed E-state index contributed by atoms with van der Waals surface area (Å²) in [6.45, 7) is 0.